The van der Waals surface area contributed by atoms with Crippen molar-refractivity contribution in [1.29, 1.82) is 0 Å². The van der Waals surface area contributed by atoms with Crippen LogP contribution in [-0.4, -0.2) is 30.0 Å². The van der Waals surface area contributed by atoms with Crippen LogP contribution >= 0.6 is 11.6 Å². The first-order chi connectivity index (χ1) is 13.0. The molecule has 1 fully saturated rings. The third-order valence-corrected chi connectivity index (χ3v) is 4.98. The van der Waals surface area contributed by atoms with E-state index in [2.05, 4.69) is 16.3 Å². The minimum Gasteiger partial charge on any atom is -0.491 e. The van der Waals surface area contributed by atoms with Gasteiger partial charge in [-0.15, -0.1) is 0 Å². The Bertz CT molecular complexity index is 753. The van der Waals surface area contributed by atoms with Crippen molar-refractivity contribution in [2.24, 2.45) is 5.92 Å². The number of rotatable bonds is 6. The molecule has 0 unspecified atom stereocenters. The average Bonchev–Trinajstić information content (AvgIpc) is 2.63. The molecule has 5 heteroatoms. The first-order valence-corrected chi connectivity index (χ1v) is 9.92. The van der Waals surface area contributed by atoms with Gasteiger partial charge in [0, 0.05) is 23.2 Å². The molecule has 2 aromatic carbocycles. The number of hydrogen-bond acceptors (Lipinski definition) is 3. The minimum absolute atomic E-state index is 0.0622. The number of halogens is 1. The molecule has 3 rings (SSSR count). The topological polar surface area (TPSA) is 41.6 Å². The van der Waals surface area contributed by atoms with Gasteiger partial charge in [0.25, 0.3) is 0 Å². The van der Waals surface area contributed by atoms with Gasteiger partial charge in [0.2, 0.25) is 5.91 Å². The Hall–Kier alpha value is -2.04. The van der Waals surface area contributed by atoms with Crippen LogP contribution in [0.4, 0.5) is 5.69 Å². The second-order valence-corrected chi connectivity index (χ2v) is 7.80. The van der Waals surface area contributed by atoms with Crippen LogP contribution in [0, 0.1) is 5.92 Å². The molecule has 1 saturated heterocycles. The first kappa shape index (κ1) is 19.7. The molecule has 0 aliphatic carbocycles. The summed E-state index contributed by atoms with van der Waals surface area (Å²) < 4.78 is 5.63. The van der Waals surface area contributed by atoms with Crippen LogP contribution in [0.15, 0.2) is 48.5 Å². The summed E-state index contributed by atoms with van der Waals surface area (Å²) >= 11 is 6.06. The Morgan fingerprint density at radius 2 is 1.89 bits per heavy atom. The number of carbonyl (C=O) groups excluding carboxylic acids is 1. The second-order valence-electron chi connectivity index (χ2n) is 7.36. The average molecular weight is 387 g/mol. The summed E-state index contributed by atoms with van der Waals surface area (Å²) in [7, 11) is 0. The monoisotopic (exact) mass is 386 g/mol. The molecule has 0 bridgehead atoms. The molecule has 1 amide bonds. The summed E-state index contributed by atoms with van der Waals surface area (Å²) in [6, 6.07) is 15.5. The van der Waals surface area contributed by atoms with Gasteiger partial charge in [-0.1, -0.05) is 23.7 Å². The van der Waals surface area contributed by atoms with Crippen LogP contribution in [0.25, 0.3) is 0 Å². The molecule has 1 heterocycles. The lowest BCUT2D eigenvalue weighted by Gasteiger charge is -2.31. The molecule has 0 spiro atoms. The third kappa shape index (κ3) is 5.98. The fraction of sp³-hybridized carbons (Fsp3) is 0.409. The summed E-state index contributed by atoms with van der Waals surface area (Å²) in [4.78, 5) is 14.9. The first-order valence-electron chi connectivity index (χ1n) is 9.54. The predicted molar refractivity (Wildman–Crippen MR) is 110 cm³/mol. The van der Waals surface area contributed by atoms with E-state index in [-0.39, 0.29) is 17.9 Å². The largest absolute Gasteiger partial charge is 0.491 e. The highest BCUT2D eigenvalue weighted by Crippen LogP contribution is 2.23. The summed E-state index contributed by atoms with van der Waals surface area (Å²) in [6.07, 6.45) is 1.89. The summed E-state index contributed by atoms with van der Waals surface area (Å²) in [5, 5.41) is 3.80. The zero-order chi connectivity index (χ0) is 19.2. The number of benzene rings is 2. The van der Waals surface area contributed by atoms with Gasteiger partial charge >= 0.3 is 0 Å². The number of carbonyl (C=O) groups is 1. The molecule has 1 N–H and O–H groups in total. The van der Waals surface area contributed by atoms with E-state index in [1.165, 1.54) is 5.56 Å². The van der Waals surface area contributed by atoms with E-state index in [4.69, 9.17) is 16.3 Å². The van der Waals surface area contributed by atoms with Crippen molar-refractivity contribution >= 4 is 23.2 Å². The van der Waals surface area contributed by atoms with E-state index >= 15 is 0 Å². The number of hydrogen-bond donors (Lipinski definition) is 1. The molecule has 0 aromatic heterocycles. The van der Waals surface area contributed by atoms with Crippen LogP contribution < -0.4 is 10.1 Å². The molecule has 0 radical (unpaired) electrons. The molecule has 4 nitrogen and oxygen atoms in total. The van der Waals surface area contributed by atoms with Gasteiger partial charge in [-0.2, -0.15) is 0 Å². The molecule has 2 aromatic rings. The standard InChI is InChI=1S/C22H27ClN2O2/c1-16(2)27-21-8-6-20(7-9-21)24-22(26)18-10-12-25(13-11-18)15-17-4-3-5-19(23)14-17/h3-9,14,16,18H,10-13,15H2,1-2H3,(H,24,26). The van der Waals surface area contributed by atoms with Crippen LogP contribution in [0.2, 0.25) is 5.02 Å². The van der Waals surface area contributed by atoms with E-state index in [1.54, 1.807) is 0 Å². The molecule has 1 aliphatic heterocycles. The van der Waals surface area contributed by atoms with Gasteiger partial charge < -0.3 is 10.1 Å². The zero-order valence-corrected chi connectivity index (χ0v) is 16.7. The minimum atomic E-state index is 0.0622. The molecule has 0 saturated carbocycles. The summed E-state index contributed by atoms with van der Waals surface area (Å²) in [6.45, 7) is 6.71. The maximum Gasteiger partial charge on any atom is 0.227 e. The number of piperidine rings is 1. The fourth-order valence-corrected chi connectivity index (χ4v) is 3.59. The number of nitrogens with zero attached hydrogens (tertiary/aromatic N) is 1. The Balaban J connectivity index is 1.47. The van der Waals surface area contributed by atoms with E-state index in [0.717, 1.165) is 48.9 Å². The van der Waals surface area contributed by atoms with Gasteiger partial charge in [0.05, 0.1) is 6.10 Å². The normalized spacial score (nSPS) is 15.7. The lowest BCUT2D eigenvalue weighted by molar-refractivity contribution is -0.121. The third-order valence-electron chi connectivity index (χ3n) is 4.75. The molecular weight excluding hydrogens is 360 g/mol. The van der Waals surface area contributed by atoms with Crippen molar-refractivity contribution in [3.8, 4) is 5.75 Å². The van der Waals surface area contributed by atoms with Crippen LogP contribution in [0.1, 0.15) is 32.3 Å². The Morgan fingerprint density at radius 3 is 2.52 bits per heavy atom. The second kappa shape index (κ2) is 9.25. The van der Waals surface area contributed by atoms with E-state index < -0.39 is 0 Å². The Morgan fingerprint density at radius 1 is 1.19 bits per heavy atom. The van der Waals surface area contributed by atoms with E-state index in [9.17, 15) is 4.79 Å². The number of anilines is 1. The highest BCUT2D eigenvalue weighted by molar-refractivity contribution is 6.30. The molecular formula is C22H27ClN2O2. The quantitative estimate of drug-likeness (QED) is 0.761. The number of likely N-dealkylation sites (tertiary alicyclic amines) is 1. The van der Waals surface area contributed by atoms with Gasteiger partial charge in [0.15, 0.2) is 0 Å². The molecule has 144 valence electrons. The van der Waals surface area contributed by atoms with Crippen molar-refractivity contribution in [2.75, 3.05) is 18.4 Å². The van der Waals surface area contributed by atoms with Crippen LogP contribution in [-0.2, 0) is 11.3 Å². The molecule has 1 aliphatic rings. The SMILES string of the molecule is CC(C)Oc1ccc(NC(=O)C2CCN(Cc3cccc(Cl)c3)CC2)cc1. The van der Waals surface area contributed by atoms with Crippen LogP contribution in [0.3, 0.4) is 0 Å². The number of nitrogens with one attached hydrogen (secondary N) is 1. The fourth-order valence-electron chi connectivity index (χ4n) is 3.38. The predicted octanol–water partition coefficient (Wildman–Crippen LogP) is 4.98. The number of ether oxygens (including phenoxy) is 1. The zero-order valence-electron chi connectivity index (χ0n) is 16.0. The van der Waals surface area contributed by atoms with Crippen molar-refractivity contribution in [1.82, 2.24) is 4.90 Å². The van der Waals surface area contributed by atoms with Crippen LogP contribution in [0.5, 0.6) is 5.75 Å². The van der Waals surface area contributed by atoms with Crippen molar-refractivity contribution < 1.29 is 9.53 Å². The van der Waals surface area contributed by atoms with Gasteiger partial charge in [-0.25, -0.2) is 0 Å². The van der Waals surface area contributed by atoms with Gasteiger partial charge in [-0.05, 0) is 81.7 Å². The highest BCUT2D eigenvalue weighted by atomic mass is 35.5. The number of amides is 1. The van der Waals surface area contributed by atoms with E-state index in [0.29, 0.717) is 0 Å². The Labute approximate surface area is 166 Å². The smallest absolute Gasteiger partial charge is 0.227 e. The lowest BCUT2D eigenvalue weighted by Crippen LogP contribution is -2.37. The van der Waals surface area contributed by atoms with Gasteiger partial charge in [-0.3, -0.25) is 9.69 Å². The van der Waals surface area contributed by atoms with Gasteiger partial charge in [0.1, 0.15) is 5.75 Å². The molecule has 0 atom stereocenters. The molecule has 27 heavy (non-hydrogen) atoms. The van der Waals surface area contributed by atoms with Crippen molar-refractivity contribution in [3.05, 3.63) is 59.1 Å². The van der Waals surface area contributed by atoms with Crippen molar-refractivity contribution in [2.45, 2.75) is 39.3 Å². The summed E-state index contributed by atoms with van der Waals surface area (Å²) in [5.74, 6) is 0.986. The van der Waals surface area contributed by atoms with E-state index in [1.807, 2.05) is 56.3 Å². The highest BCUT2D eigenvalue weighted by Gasteiger charge is 2.25. The lowest BCUT2D eigenvalue weighted by atomic mass is 9.95. The van der Waals surface area contributed by atoms with Crippen molar-refractivity contribution in [3.63, 3.8) is 0 Å². The Kier molecular flexibility index (Phi) is 6.75. The maximum atomic E-state index is 12.6. The summed E-state index contributed by atoms with van der Waals surface area (Å²) in [5.41, 5.74) is 2.03. The maximum absolute atomic E-state index is 12.6.